The van der Waals surface area contributed by atoms with Gasteiger partial charge < -0.3 is 64.2 Å². The minimum Gasteiger partial charge on any atom is -0.462 e. The number of unbranched alkanes of at least 4 members (excludes halogenated alkanes) is 14. The van der Waals surface area contributed by atoms with Crippen molar-refractivity contribution in [1.82, 2.24) is 0 Å². The smallest absolute Gasteiger partial charge is 0.306 e. The summed E-state index contributed by atoms with van der Waals surface area (Å²) in [5.74, 6) is 0.553. The monoisotopic (exact) mass is 837 g/mol. The van der Waals surface area contributed by atoms with Gasteiger partial charge in [-0.3, -0.25) is 9.59 Å². The van der Waals surface area contributed by atoms with Gasteiger partial charge in [-0.2, -0.15) is 0 Å². The molecule has 2 heterocycles. The summed E-state index contributed by atoms with van der Waals surface area (Å²) in [5.41, 5.74) is 0. The number of esters is 2. The minimum absolute atomic E-state index is 0.168. The summed E-state index contributed by atoms with van der Waals surface area (Å²) >= 11 is 0. The van der Waals surface area contributed by atoms with Gasteiger partial charge in [0.15, 0.2) is 18.7 Å². The molecule has 11 atom stereocenters. The molecule has 58 heavy (non-hydrogen) atoms. The molecule has 2 saturated heterocycles. The molecule has 0 aromatic heterocycles. The van der Waals surface area contributed by atoms with E-state index in [2.05, 4.69) is 27.7 Å². The van der Waals surface area contributed by atoms with Crippen molar-refractivity contribution >= 4 is 11.9 Å². The molecular weight excluding hydrogens is 756 g/mol. The molecule has 15 nitrogen and oxygen atoms in total. The van der Waals surface area contributed by atoms with Gasteiger partial charge in [0.2, 0.25) is 0 Å². The molecule has 2 rings (SSSR count). The summed E-state index contributed by atoms with van der Waals surface area (Å²) in [6, 6.07) is 0. The molecule has 0 aliphatic carbocycles. The van der Waals surface area contributed by atoms with E-state index in [0.29, 0.717) is 12.8 Å². The van der Waals surface area contributed by atoms with E-state index in [1.165, 1.54) is 64.2 Å². The van der Waals surface area contributed by atoms with E-state index in [9.17, 15) is 45.3 Å². The minimum atomic E-state index is -1.80. The predicted octanol–water partition coefficient (Wildman–Crippen LogP) is 4.20. The number of carbonyl (C=O) groups excluding carboxylic acids is 2. The van der Waals surface area contributed by atoms with Gasteiger partial charge in [-0.05, 0) is 24.7 Å². The highest BCUT2D eigenvalue weighted by Crippen LogP contribution is 2.30. The molecule has 15 heteroatoms. The molecule has 0 aromatic carbocycles. The molecule has 0 spiro atoms. The summed E-state index contributed by atoms with van der Waals surface area (Å²) in [6.07, 6.45) is 3.05. The Hall–Kier alpha value is -1.50. The van der Waals surface area contributed by atoms with Crippen molar-refractivity contribution in [2.45, 2.75) is 224 Å². The summed E-state index contributed by atoms with van der Waals surface area (Å²) in [6.45, 7) is 6.85. The molecule has 0 amide bonds. The van der Waals surface area contributed by atoms with Crippen LogP contribution in [0.2, 0.25) is 0 Å². The zero-order valence-electron chi connectivity index (χ0n) is 35.9. The Balaban J connectivity index is 1.88. The highest BCUT2D eigenvalue weighted by Gasteiger charge is 2.50. The van der Waals surface area contributed by atoms with Gasteiger partial charge >= 0.3 is 11.9 Å². The first-order chi connectivity index (χ1) is 27.8. The maximum Gasteiger partial charge on any atom is 0.306 e. The van der Waals surface area contributed by atoms with Crippen LogP contribution in [0.1, 0.15) is 156 Å². The third-order valence-corrected chi connectivity index (χ3v) is 11.0. The highest BCUT2D eigenvalue weighted by atomic mass is 16.7. The quantitative estimate of drug-likeness (QED) is 0.0372. The van der Waals surface area contributed by atoms with Crippen molar-refractivity contribution in [3.8, 4) is 0 Å². The average molecular weight is 837 g/mol. The second kappa shape index (κ2) is 30.5. The Morgan fingerprint density at radius 3 is 1.47 bits per heavy atom. The van der Waals surface area contributed by atoms with Gasteiger partial charge in [-0.1, -0.05) is 130 Å². The molecule has 0 unspecified atom stereocenters. The summed E-state index contributed by atoms with van der Waals surface area (Å²) in [5, 5.41) is 72.1. The lowest BCUT2D eigenvalue weighted by Gasteiger charge is -2.46. The second-order valence-corrected chi connectivity index (χ2v) is 17.2. The number of hydrogen-bond donors (Lipinski definition) is 7. The van der Waals surface area contributed by atoms with Gasteiger partial charge in [-0.15, -0.1) is 0 Å². The lowest BCUT2D eigenvalue weighted by atomic mass is 9.97. The number of rotatable bonds is 32. The van der Waals surface area contributed by atoms with Crippen LogP contribution in [0.15, 0.2) is 0 Å². The topological polar surface area (TPSA) is 231 Å². The third-order valence-electron chi connectivity index (χ3n) is 11.0. The normalized spacial score (nSPS) is 28.2. The SMILES string of the molecule is CC(C)CCCCCCCCCCC(=O)OC[C@H](CO[C@@H]1O[C@H](CO)[C@@H](O[C@H]2O[C@H](CO)[C@@H](O)[C@H](O)[C@H]2O)[C@H](O)[C@H]1O)OC(=O)CCCCCCCCCCC(C)C. The van der Waals surface area contributed by atoms with Crippen LogP contribution < -0.4 is 0 Å². The first-order valence-electron chi connectivity index (χ1n) is 22.3. The summed E-state index contributed by atoms with van der Waals surface area (Å²) in [7, 11) is 0. The Bertz CT molecular complexity index is 1060. The van der Waals surface area contributed by atoms with E-state index in [1.807, 2.05) is 0 Å². The van der Waals surface area contributed by atoms with Crippen LogP contribution in [0, 0.1) is 11.8 Å². The lowest BCUT2D eigenvalue weighted by molar-refractivity contribution is -0.360. The molecule has 342 valence electrons. The van der Waals surface area contributed by atoms with Crippen LogP contribution >= 0.6 is 0 Å². The maximum atomic E-state index is 12.9. The zero-order valence-corrected chi connectivity index (χ0v) is 35.9. The fraction of sp³-hybridized carbons (Fsp3) is 0.953. The predicted molar refractivity (Wildman–Crippen MR) is 215 cm³/mol. The fourth-order valence-electron chi connectivity index (χ4n) is 7.28. The maximum absolute atomic E-state index is 12.9. The first kappa shape index (κ1) is 52.6. The van der Waals surface area contributed by atoms with Crippen molar-refractivity contribution < 1.29 is 73.8 Å². The molecule has 0 radical (unpaired) electrons. The van der Waals surface area contributed by atoms with Crippen molar-refractivity contribution in [3.05, 3.63) is 0 Å². The van der Waals surface area contributed by atoms with Crippen LogP contribution in [0.3, 0.4) is 0 Å². The third kappa shape index (κ3) is 20.8. The number of carbonyl (C=O) groups is 2. The highest BCUT2D eigenvalue weighted by molar-refractivity contribution is 5.70. The van der Waals surface area contributed by atoms with Gasteiger partial charge in [-0.25, -0.2) is 0 Å². The second-order valence-electron chi connectivity index (χ2n) is 17.2. The molecule has 0 saturated carbocycles. The number of ether oxygens (including phenoxy) is 6. The van der Waals surface area contributed by atoms with Crippen molar-refractivity contribution in [3.63, 3.8) is 0 Å². The summed E-state index contributed by atoms with van der Waals surface area (Å²) in [4.78, 5) is 25.5. The van der Waals surface area contributed by atoms with Gasteiger partial charge in [0, 0.05) is 12.8 Å². The molecule has 2 aliphatic rings. The zero-order chi connectivity index (χ0) is 42.9. The Kier molecular flexibility index (Phi) is 27.7. The van der Waals surface area contributed by atoms with Crippen LogP contribution in [0.25, 0.3) is 0 Å². The molecule has 2 fully saturated rings. The van der Waals surface area contributed by atoms with Gasteiger partial charge in [0.1, 0.15) is 55.4 Å². The standard InChI is InChI=1S/C43H80O15/c1-29(2)21-17-13-9-5-7-11-15-19-23-34(46)53-27-31(55-35(47)24-20-16-12-8-6-10-14-18-22-30(3)4)28-54-42-40(52)38(50)41(33(26-45)57-42)58-43-39(51)37(49)36(48)32(25-44)56-43/h29-33,36-45,48-52H,5-28H2,1-4H3/t31-,32-,33-,36-,37+,38-,39-,40-,41-,42-,43-/m1/s1. The average Bonchev–Trinajstić information content (AvgIpc) is 3.19. The molecule has 0 aromatic rings. The number of aliphatic hydroxyl groups is 7. The van der Waals surface area contributed by atoms with Crippen molar-refractivity contribution in [1.29, 1.82) is 0 Å². The van der Waals surface area contributed by atoms with E-state index in [0.717, 1.165) is 50.4 Å². The first-order valence-corrected chi connectivity index (χ1v) is 22.3. The van der Waals surface area contributed by atoms with E-state index >= 15 is 0 Å². The van der Waals surface area contributed by atoms with E-state index in [-0.39, 0.29) is 26.1 Å². The van der Waals surface area contributed by atoms with Crippen LogP contribution in [-0.4, -0.2) is 142 Å². The van der Waals surface area contributed by atoms with Crippen molar-refractivity contribution in [2.75, 3.05) is 26.4 Å². The number of hydrogen-bond acceptors (Lipinski definition) is 15. The summed E-state index contributed by atoms with van der Waals surface area (Å²) < 4.78 is 33.6. The van der Waals surface area contributed by atoms with Crippen molar-refractivity contribution in [2.24, 2.45) is 11.8 Å². The van der Waals surface area contributed by atoms with E-state index in [1.54, 1.807) is 0 Å². The van der Waals surface area contributed by atoms with Gasteiger partial charge in [0.05, 0.1) is 19.8 Å². The molecule has 0 bridgehead atoms. The molecule has 7 N–H and O–H groups in total. The van der Waals surface area contributed by atoms with E-state index in [4.69, 9.17) is 28.4 Å². The Morgan fingerprint density at radius 2 is 0.966 bits per heavy atom. The van der Waals surface area contributed by atoms with Gasteiger partial charge in [0.25, 0.3) is 0 Å². The van der Waals surface area contributed by atoms with E-state index < -0.39 is 92.7 Å². The van der Waals surface area contributed by atoms with Crippen LogP contribution in [0.4, 0.5) is 0 Å². The van der Waals surface area contributed by atoms with Crippen LogP contribution in [-0.2, 0) is 38.0 Å². The molecular formula is C43H80O15. The number of aliphatic hydroxyl groups excluding tert-OH is 7. The fourth-order valence-corrected chi connectivity index (χ4v) is 7.28. The molecule has 2 aliphatic heterocycles. The Morgan fingerprint density at radius 1 is 0.517 bits per heavy atom. The largest absolute Gasteiger partial charge is 0.462 e. The lowest BCUT2D eigenvalue weighted by Crippen LogP contribution is -2.64. The van der Waals surface area contributed by atoms with Crippen LogP contribution in [0.5, 0.6) is 0 Å². The Labute approximate surface area is 347 Å².